The smallest absolute Gasteiger partial charge is 0.164 e. The Bertz CT molecular complexity index is 1010. The molecule has 142 valence electrons. The summed E-state index contributed by atoms with van der Waals surface area (Å²) in [5, 5.41) is 1.57. The zero-order valence-corrected chi connectivity index (χ0v) is 17.1. The molecular weight excluding hydrogens is 430 g/mol. The maximum atomic E-state index is 13.9. The topological polar surface area (TPSA) is 49.7 Å². The molecule has 0 aromatic heterocycles. The highest BCUT2D eigenvalue weighted by atomic mass is 35.5. The van der Waals surface area contributed by atoms with Gasteiger partial charge in [0.1, 0.15) is 5.82 Å². The third kappa shape index (κ3) is 3.97. The van der Waals surface area contributed by atoms with Crippen LogP contribution in [-0.2, 0) is 15.6 Å². The summed E-state index contributed by atoms with van der Waals surface area (Å²) in [7, 11) is -3.15. The minimum absolute atomic E-state index is 0.0201. The van der Waals surface area contributed by atoms with Crippen LogP contribution in [0.5, 0.6) is 0 Å². The van der Waals surface area contributed by atoms with E-state index in [1.165, 1.54) is 17.8 Å². The van der Waals surface area contributed by atoms with Gasteiger partial charge in [-0.3, -0.25) is 4.99 Å². The molecule has 27 heavy (non-hydrogen) atoms. The summed E-state index contributed by atoms with van der Waals surface area (Å²) in [4.78, 5) is 6.50. The first-order valence-electron chi connectivity index (χ1n) is 8.22. The van der Waals surface area contributed by atoms with Gasteiger partial charge in [0.25, 0.3) is 0 Å². The largest absolute Gasteiger partial charge is 0.315 e. The summed E-state index contributed by atoms with van der Waals surface area (Å²) < 4.78 is 38.1. The molecule has 0 aliphatic carbocycles. The Labute approximate surface area is 171 Å². The average Bonchev–Trinajstić information content (AvgIpc) is 3.04. The van der Waals surface area contributed by atoms with Crippen molar-refractivity contribution >= 4 is 55.7 Å². The van der Waals surface area contributed by atoms with E-state index in [0.717, 1.165) is 0 Å². The molecular formula is C18H15Cl2FN2O2S2. The van der Waals surface area contributed by atoms with Crippen molar-refractivity contribution in [1.29, 1.82) is 0 Å². The monoisotopic (exact) mass is 444 g/mol. The molecule has 4 rings (SSSR count). The Morgan fingerprint density at radius 1 is 1.15 bits per heavy atom. The number of amidine groups is 1. The van der Waals surface area contributed by atoms with Crippen LogP contribution in [0.3, 0.4) is 0 Å². The van der Waals surface area contributed by atoms with Gasteiger partial charge >= 0.3 is 0 Å². The molecule has 0 bridgehead atoms. The van der Waals surface area contributed by atoms with Crippen molar-refractivity contribution in [3.8, 4) is 0 Å². The van der Waals surface area contributed by atoms with Crippen molar-refractivity contribution in [2.75, 3.05) is 16.4 Å². The van der Waals surface area contributed by atoms with Crippen molar-refractivity contribution in [3.05, 3.63) is 63.9 Å². The molecule has 2 aromatic carbocycles. The summed E-state index contributed by atoms with van der Waals surface area (Å²) in [5.74, 6) is 0.160. The highest BCUT2D eigenvalue weighted by Gasteiger charge is 2.47. The van der Waals surface area contributed by atoms with Crippen LogP contribution >= 0.6 is 35.0 Å². The number of aliphatic imine (C=N–C) groups is 1. The number of rotatable bonds is 3. The van der Waals surface area contributed by atoms with Gasteiger partial charge in [0.05, 0.1) is 23.6 Å². The molecule has 0 amide bonds. The lowest BCUT2D eigenvalue weighted by Crippen LogP contribution is -2.39. The second-order valence-electron chi connectivity index (χ2n) is 6.50. The fourth-order valence-corrected chi connectivity index (χ4v) is 6.84. The van der Waals surface area contributed by atoms with Crippen LogP contribution in [0.1, 0.15) is 5.56 Å². The van der Waals surface area contributed by atoms with Crippen LogP contribution in [-0.4, -0.2) is 37.2 Å². The van der Waals surface area contributed by atoms with E-state index >= 15 is 0 Å². The van der Waals surface area contributed by atoms with E-state index in [1.807, 2.05) is 4.90 Å². The number of hydrogen-bond donors (Lipinski definition) is 0. The molecule has 4 nitrogen and oxygen atoms in total. The molecule has 1 fully saturated rings. The van der Waals surface area contributed by atoms with E-state index < -0.39 is 9.84 Å². The average molecular weight is 445 g/mol. The van der Waals surface area contributed by atoms with Crippen LogP contribution in [0.2, 0.25) is 10.0 Å². The highest BCUT2D eigenvalue weighted by molar-refractivity contribution is 8.13. The molecule has 0 radical (unpaired) electrons. The standard InChI is InChI=1S/C18H15Cl2FN2O2S2/c19-12-5-13(20)7-14(6-12)23-17-10-27(24,25)9-16(17)22-18(23)26-8-11-3-1-2-4-15(11)21/h1-7,16-17H,8-10H2/t16-,17+/m1/s1. The fourth-order valence-electron chi connectivity index (χ4n) is 3.37. The van der Waals surface area contributed by atoms with Crippen molar-refractivity contribution < 1.29 is 12.8 Å². The normalized spacial score (nSPS) is 23.4. The third-order valence-electron chi connectivity index (χ3n) is 4.55. The predicted octanol–water partition coefficient (Wildman–Crippen LogP) is 4.41. The second-order valence-corrected chi connectivity index (χ2v) is 10.5. The quantitative estimate of drug-likeness (QED) is 0.703. The molecule has 0 spiro atoms. The minimum Gasteiger partial charge on any atom is -0.315 e. The maximum absolute atomic E-state index is 13.9. The molecule has 2 aliphatic heterocycles. The molecule has 2 heterocycles. The summed E-state index contributed by atoms with van der Waals surface area (Å²) in [6.45, 7) is 0. The Kier molecular flexibility index (Phi) is 5.14. The van der Waals surface area contributed by atoms with Gasteiger partial charge in [0, 0.05) is 21.5 Å². The van der Waals surface area contributed by atoms with Gasteiger partial charge in [-0.25, -0.2) is 12.8 Å². The number of sulfone groups is 1. The van der Waals surface area contributed by atoms with Crippen LogP contribution < -0.4 is 4.90 Å². The van der Waals surface area contributed by atoms with Crippen LogP contribution in [0.4, 0.5) is 10.1 Å². The van der Waals surface area contributed by atoms with E-state index in [-0.39, 0.29) is 29.4 Å². The number of hydrogen-bond acceptors (Lipinski definition) is 5. The highest BCUT2D eigenvalue weighted by Crippen LogP contribution is 2.38. The van der Waals surface area contributed by atoms with Gasteiger partial charge in [0.15, 0.2) is 15.0 Å². The number of nitrogens with zero attached hydrogens (tertiary/aromatic N) is 2. The molecule has 2 aliphatic rings. The Morgan fingerprint density at radius 3 is 2.56 bits per heavy atom. The Hall–Kier alpha value is -1.28. The van der Waals surface area contributed by atoms with Crippen LogP contribution in [0.15, 0.2) is 47.5 Å². The summed E-state index contributed by atoms with van der Waals surface area (Å²) in [6, 6.07) is 11.0. The van der Waals surface area contributed by atoms with Crippen LogP contribution in [0.25, 0.3) is 0 Å². The third-order valence-corrected chi connectivity index (χ3v) is 7.70. The Morgan fingerprint density at radius 2 is 1.85 bits per heavy atom. The van der Waals surface area contributed by atoms with Crippen molar-refractivity contribution in [1.82, 2.24) is 0 Å². The van der Waals surface area contributed by atoms with Crippen molar-refractivity contribution in [3.63, 3.8) is 0 Å². The number of halogens is 3. The van der Waals surface area contributed by atoms with E-state index in [2.05, 4.69) is 4.99 Å². The van der Waals surface area contributed by atoms with Gasteiger partial charge in [-0.1, -0.05) is 53.2 Å². The van der Waals surface area contributed by atoms with Gasteiger partial charge < -0.3 is 4.90 Å². The first kappa shape index (κ1) is 19.1. The van der Waals surface area contributed by atoms with Gasteiger partial charge in [-0.05, 0) is 29.8 Å². The second kappa shape index (κ2) is 7.28. The molecule has 9 heteroatoms. The van der Waals surface area contributed by atoms with Crippen LogP contribution in [0, 0.1) is 5.82 Å². The van der Waals surface area contributed by atoms with Crippen molar-refractivity contribution in [2.45, 2.75) is 17.8 Å². The molecule has 0 N–H and O–H groups in total. The van der Waals surface area contributed by atoms with E-state index in [4.69, 9.17) is 23.2 Å². The lowest BCUT2D eigenvalue weighted by molar-refractivity contribution is 0.601. The minimum atomic E-state index is -3.15. The first-order valence-corrected chi connectivity index (χ1v) is 11.8. The van der Waals surface area contributed by atoms with E-state index in [9.17, 15) is 12.8 Å². The first-order chi connectivity index (χ1) is 12.8. The van der Waals surface area contributed by atoms with Gasteiger partial charge in [-0.15, -0.1) is 0 Å². The summed E-state index contributed by atoms with van der Waals surface area (Å²) in [6.07, 6.45) is 0. The van der Waals surface area contributed by atoms with E-state index in [1.54, 1.807) is 36.4 Å². The number of thioether (sulfide) groups is 1. The summed E-state index contributed by atoms with van der Waals surface area (Å²) >= 11 is 13.7. The van der Waals surface area contributed by atoms with Gasteiger partial charge in [-0.2, -0.15) is 0 Å². The fraction of sp³-hybridized carbons (Fsp3) is 0.278. The molecule has 2 aromatic rings. The van der Waals surface area contributed by atoms with Crippen molar-refractivity contribution in [2.24, 2.45) is 4.99 Å². The predicted molar refractivity (Wildman–Crippen MR) is 110 cm³/mol. The number of fused-ring (bicyclic) bond motifs is 1. The SMILES string of the molecule is O=S1(=O)C[C@H]2N=C(SCc3ccccc3F)N(c3cc(Cl)cc(Cl)c3)[C@H]2C1. The lowest BCUT2D eigenvalue weighted by Gasteiger charge is -2.27. The number of anilines is 1. The molecule has 0 unspecified atom stereocenters. The zero-order valence-electron chi connectivity index (χ0n) is 14.0. The number of benzene rings is 2. The Balaban J connectivity index is 1.66. The lowest BCUT2D eigenvalue weighted by atomic mass is 10.1. The molecule has 2 atom stereocenters. The van der Waals surface area contributed by atoms with E-state index in [0.29, 0.717) is 32.2 Å². The zero-order chi connectivity index (χ0) is 19.2. The summed E-state index contributed by atoms with van der Waals surface area (Å²) in [5.41, 5.74) is 1.26. The molecule has 1 saturated heterocycles. The molecule has 0 saturated carbocycles. The maximum Gasteiger partial charge on any atom is 0.164 e. The van der Waals surface area contributed by atoms with Gasteiger partial charge in [0.2, 0.25) is 0 Å².